The van der Waals surface area contributed by atoms with Crippen LogP contribution in [0.5, 0.6) is 5.75 Å². The van der Waals surface area contributed by atoms with E-state index in [1.807, 2.05) is 54.0 Å². The number of benzene rings is 2. The molecule has 4 nitrogen and oxygen atoms in total. The normalized spacial score (nSPS) is 10.8. The third-order valence-electron chi connectivity index (χ3n) is 3.64. The maximum Gasteiger partial charge on any atom is 0.338 e. The number of carboxylic acid groups (broad SMARTS) is 1. The van der Waals surface area contributed by atoms with Crippen LogP contribution in [-0.2, 0) is 0 Å². The molecule has 0 saturated heterocycles. The first-order valence-electron chi connectivity index (χ1n) is 6.61. The SMILES string of the molecule is COc1ccc2c(c1)c(C(=O)O)c(C)n2-c1ccccc1. The van der Waals surface area contributed by atoms with E-state index in [1.165, 1.54) is 0 Å². The Morgan fingerprint density at radius 3 is 2.48 bits per heavy atom. The number of nitrogens with zero attached hydrogens (tertiary/aromatic N) is 1. The largest absolute Gasteiger partial charge is 0.497 e. The van der Waals surface area contributed by atoms with Crippen molar-refractivity contribution in [3.63, 3.8) is 0 Å². The second kappa shape index (κ2) is 4.98. The van der Waals surface area contributed by atoms with Crippen LogP contribution in [0.1, 0.15) is 16.1 Å². The minimum absolute atomic E-state index is 0.313. The Balaban J connectivity index is 2.40. The third-order valence-corrected chi connectivity index (χ3v) is 3.64. The molecule has 0 unspecified atom stereocenters. The maximum atomic E-state index is 11.6. The molecule has 3 rings (SSSR count). The van der Waals surface area contributed by atoms with Gasteiger partial charge in [0.2, 0.25) is 0 Å². The minimum atomic E-state index is -0.930. The average molecular weight is 281 g/mol. The molecule has 1 N–H and O–H groups in total. The summed E-state index contributed by atoms with van der Waals surface area (Å²) in [6.45, 7) is 1.82. The fraction of sp³-hybridized carbons (Fsp3) is 0.118. The van der Waals surface area contributed by atoms with Crippen molar-refractivity contribution in [3.8, 4) is 11.4 Å². The van der Waals surface area contributed by atoms with Gasteiger partial charge in [-0.2, -0.15) is 0 Å². The molecule has 0 spiro atoms. The average Bonchev–Trinajstić information content (AvgIpc) is 2.79. The van der Waals surface area contributed by atoms with E-state index >= 15 is 0 Å². The minimum Gasteiger partial charge on any atom is -0.497 e. The van der Waals surface area contributed by atoms with Crippen LogP contribution in [-0.4, -0.2) is 22.8 Å². The van der Waals surface area contributed by atoms with Gasteiger partial charge in [-0.25, -0.2) is 4.79 Å². The van der Waals surface area contributed by atoms with Crippen molar-refractivity contribution in [3.05, 3.63) is 59.8 Å². The van der Waals surface area contributed by atoms with Gasteiger partial charge in [0.15, 0.2) is 0 Å². The van der Waals surface area contributed by atoms with Gasteiger partial charge in [-0.3, -0.25) is 0 Å². The smallest absolute Gasteiger partial charge is 0.338 e. The van der Waals surface area contributed by atoms with Crippen LogP contribution in [0.2, 0.25) is 0 Å². The van der Waals surface area contributed by atoms with Crippen molar-refractivity contribution in [2.24, 2.45) is 0 Å². The zero-order valence-electron chi connectivity index (χ0n) is 11.8. The Bertz CT molecular complexity index is 819. The van der Waals surface area contributed by atoms with Crippen LogP contribution in [0.4, 0.5) is 0 Å². The van der Waals surface area contributed by atoms with Crippen LogP contribution in [0, 0.1) is 6.92 Å². The zero-order chi connectivity index (χ0) is 15.0. The number of methoxy groups -OCH3 is 1. The van der Waals surface area contributed by atoms with E-state index in [0.29, 0.717) is 22.4 Å². The van der Waals surface area contributed by atoms with E-state index in [1.54, 1.807) is 13.2 Å². The molecule has 0 saturated carbocycles. The summed E-state index contributed by atoms with van der Waals surface area (Å²) >= 11 is 0. The van der Waals surface area contributed by atoms with Crippen molar-refractivity contribution < 1.29 is 14.6 Å². The Hall–Kier alpha value is -2.75. The second-order valence-corrected chi connectivity index (χ2v) is 4.82. The molecule has 0 amide bonds. The van der Waals surface area contributed by atoms with Gasteiger partial charge in [-0.1, -0.05) is 18.2 Å². The molecule has 0 fully saturated rings. The van der Waals surface area contributed by atoms with Gasteiger partial charge >= 0.3 is 5.97 Å². The number of ether oxygens (including phenoxy) is 1. The summed E-state index contributed by atoms with van der Waals surface area (Å²) in [4.78, 5) is 11.6. The van der Waals surface area contributed by atoms with E-state index in [0.717, 1.165) is 11.2 Å². The van der Waals surface area contributed by atoms with Gasteiger partial charge in [0, 0.05) is 16.8 Å². The maximum absolute atomic E-state index is 11.6. The Kier molecular flexibility index (Phi) is 3.14. The molecule has 2 aromatic carbocycles. The number of hydrogen-bond donors (Lipinski definition) is 1. The molecule has 106 valence electrons. The first-order chi connectivity index (χ1) is 10.1. The lowest BCUT2D eigenvalue weighted by molar-refractivity contribution is 0.0698. The molecule has 0 aliphatic rings. The number of rotatable bonds is 3. The molecule has 0 atom stereocenters. The number of fused-ring (bicyclic) bond motifs is 1. The van der Waals surface area contributed by atoms with Gasteiger partial charge in [-0.05, 0) is 37.3 Å². The molecule has 0 bridgehead atoms. The standard InChI is InChI=1S/C17H15NO3/c1-11-16(17(19)20)14-10-13(21-2)8-9-15(14)18(11)12-6-4-3-5-7-12/h3-10H,1-2H3,(H,19,20). The summed E-state index contributed by atoms with van der Waals surface area (Å²) in [5.74, 6) is -0.282. The molecule has 0 aliphatic carbocycles. The summed E-state index contributed by atoms with van der Waals surface area (Å²) in [7, 11) is 1.57. The molecule has 1 heterocycles. The second-order valence-electron chi connectivity index (χ2n) is 4.82. The Labute approximate surface area is 122 Å². The topological polar surface area (TPSA) is 51.5 Å². The number of carbonyl (C=O) groups is 1. The summed E-state index contributed by atoms with van der Waals surface area (Å²) in [6.07, 6.45) is 0. The van der Waals surface area contributed by atoms with E-state index in [-0.39, 0.29) is 0 Å². The van der Waals surface area contributed by atoms with Crippen molar-refractivity contribution in [1.29, 1.82) is 0 Å². The van der Waals surface area contributed by atoms with Crippen molar-refractivity contribution >= 4 is 16.9 Å². The highest BCUT2D eigenvalue weighted by molar-refractivity contribution is 6.06. The van der Waals surface area contributed by atoms with Gasteiger partial charge in [0.1, 0.15) is 5.75 Å². The number of aromatic nitrogens is 1. The number of carboxylic acids is 1. The predicted molar refractivity (Wildman–Crippen MR) is 81.5 cm³/mol. The van der Waals surface area contributed by atoms with E-state index < -0.39 is 5.97 Å². The first-order valence-corrected chi connectivity index (χ1v) is 6.61. The lowest BCUT2D eigenvalue weighted by atomic mass is 10.1. The Morgan fingerprint density at radius 2 is 1.86 bits per heavy atom. The van der Waals surface area contributed by atoms with E-state index in [2.05, 4.69) is 0 Å². The predicted octanol–water partition coefficient (Wildman–Crippen LogP) is 3.65. The van der Waals surface area contributed by atoms with Gasteiger partial charge in [0.25, 0.3) is 0 Å². The highest BCUT2D eigenvalue weighted by atomic mass is 16.5. The molecule has 3 aromatic rings. The van der Waals surface area contributed by atoms with Gasteiger partial charge in [0.05, 0.1) is 18.2 Å². The van der Waals surface area contributed by atoms with Crippen LogP contribution in [0.15, 0.2) is 48.5 Å². The molecule has 0 radical (unpaired) electrons. The molecular formula is C17H15NO3. The first kappa shape index (κ1) is 13.2. The molecular weight excluding hydrogens is 266 g/mol. The van der Waals surface area contributed by atoms with Crippen LogP contribution < -0.4 is 4.74 Å². The third kappa shape index (κ3) is 2.05. The van der Waals surface area contributed by atoms with Gasteiger partial charge in [-0.15, -0.1) is 0 Å². The van der Waals surface area contributed by atoms with Crippen molar-refractivity contribution in [2.45, 2.75) is 6.92 Å². The Morgan fingerprint density at radius 1 is 1.14 bits per heavy atom. The molecule has 0 aliphatic heterocycles. The molecule has 1 aromatic heterocycles. The summed E-state index contributed by atoms with van der Waals surface area (Å²) in [5, 5.41) is 10.2. The number of hydrogen-bond acceptors (Lipinski definition) is 2. The quantitative estimate of drug-likeness (QED) is 0.797. The lowest BCUT2D eigenvalue weighted by Gasteiger charge is -2.08. The van der Waals surface area contributed by atoms with Crippen LogP contribution in [0.25, 0.3) is 16.6 Å². The number of para-hydroxylation sites is 1. The fourth-order valence-corrected chi connectivity index (χ4v) is 2.70. The lowest BCUT2D eigenvalue weighted by Crippen LogP contribution is -2.01. The summed E-state index contributed by atoms with van der Waals surface area (Å²) in [5.41, 5.74) is 2.82. The highest BCUT2D eigenvalue weighted by Gasteiger charge is 2.20. The van der Waals surface area contributed by atoms with Crippen molar-refractivity contribution in [1.82, 2.24) is 4.57 Å². The number of aromatic carboxylic acids is 1. The molecule has 4 heteroatoms. The monoisotopic (exact) mass is 281 g/mol. The molecule has 21 heavy (non-hydrogen) atoms. The van der Waals surface area contributed by atoms with Gasteiger partial charge < -0.3 is 14.4 Å². The summed E-state index contributed by atoms with van der Waals surface area (Å²) in [6, 6.07) is 15.2. The van der Waals surface area contributed by atoms with Crippen LogP contribution >= 0.6 is 0 Å². The van der Waals surface area contributed by atoms with Crippen LogP contribution in [0.3, 0.4) is 0 Å². The fourth-order valence-electron chi connectivity index (χ4n) is 2.70. The zero-order valence-corrected chi connectivity index (χ0v) is 11.8. The van der Waals surface area contributed by atoms with E-state index in [4.69, 9.17) is 4.74 Å². The van der Waals surface area contributed by atoms with Crippen molar-refractivity contribution in [2.75, 3.05) is 7.11 Å². The van der Waals surface area contributed by atoms with E-state index in [9.17, 15) is 9.90 Å². The highest BCUT2D eigenvalue weighted by Crippen LogP contribution is 2.31. The summed E-state index contributed by atoms with van der Waals surface area (Å²) < 4.78 is 7.17.